The Morgan fingerprint density at radius 3 is 1.59 bits per heavy atom. The van der Waals surface area contributed by atoms with Gasteiger partial charge in [-0.25, -0.2) is 34.3 Å². The van der Waals surface area contributed by atoms with E-state index in [4.69, 9.17) is 10.8 Å². The number of rotatable bonds is 10. The number of nitrogens with one attached hydrogen (secondary N) is 2. The number of urea groups is 2. The second kappa shape index (κ2) is 17.4. The lowest BCUT2D eigenvalue weighted by molar-refractivity contribution is 0.0690. The summed E-state index contributed by atoms with van der Waals surface area (Å²) in [5.41, 5.74) is 7.38. The SMILES string of the molecule is NCC1(CO)CC1.O=C(CCC1(CO)CC1)c1ccc2c(n1)N(C(=O)Nc1ccccn1)[C@H]1CCN2C1.O=C(O)c1ccc2c(n1)N(C(=O)Nc1ccccn1)[C@H]1CCN2C1. The summed E-state index contributed by atoms with van der Waals surface area (Å²) >= 11 is 0. The predicted octanol–water partition coefficient (Wildman–Crippen LogP) is 4.37. The molecule has 61 heavy (non-hydrogen) atoms. The van der Waals surface area contributed by atoms with E-state index < -0.39 is 5.97 Å². The number of hydrogen-bond acceptors (Lipinski definition) is 13. The number of aromatic nitrogens is 4. The molecule has 0 radical (unpaired) electrons. The molecule has 6 aliphatic rings. The van der Waals surface area contributed by atoms with Crippen molar-refractivity contribution in [1.82, 2.24) is 19.9 Å². The van der Waals surface area contributed by atoms with Crippen LogP contribution in [0.25, 0.3) is 0 Å². The number of anilines is 6. The molecule has 2 saturated heterocycles. The van der Waals surface area contributed by atoms with Crippen LogP contribution in [-0.2, 0) is 0 Å². The van der Waals surface area contributed by atoms with Crippen LogP contribution < -0.4 is 36.0 Å². The van der Waals surface area contributed by atoms with Crippen LogP contribution in [-0.4, -0.2) is 117 Å². The maximum atomic E-state index is 13.1. The summed E-state index contributed by atoms with van der Waals surface area (Å²) in [5.74, 6) is 0.684. The van der Waals surface area contributed by atoms with Gasteiger partial charge in [0.25, 0.3) is 0 Å². The van der Waals surface area contributed by atoms with Gasteiger partial charge in [-0.3, -0.25) is 25.2 Å². The molecule has 4 bridgehead atoms. The Labute approximate surface area is 352 Å². The highest BCUT2D eigenvalue weighted by molar-refractivity contribution is 6.06. The van der Waals surface area contributed by atoms with Crippen LogP contribution in [0.5, 0.6) is 0 Å². The fourth-order valence-electron chi connectivity index (χ4n) is 8.20. The van der Waals surface area contributed by atoms with E-state index in [-0.39, 0.29) is 59.7 Å². The highest BCUT2D eigenvalue weighted by Crippen LogP contribution is 2.49. The van der Waals surface area contributed by atoms with Crippen LogP contribution >= 0.6 is 0 Å². The van der Waals surface area contributed by atoms with E-state index in [1.165, 1.54) is 6.07 Å². The van der Waals surface area contributed by atoms with Crippen molar-refractivity contribution in [3.63, 3.8) is 0 Å². The minimum atomic E-state index is -1.11. The van der Waals surface area contributed by atoms with Crippen LogP contribution in [0.1, 0.15) is 72.3 Å². The Kier molecular flexibility index (Phi) is 11.8. The Hall–Kier alpha value is -6.24. The molecule has 2 saturated carbocycles. The summed E-state index contributed by atoms with van der Waals surface area (Å²) in [6.07, 6.45) is 10.1. The molecule has 4 aliphatic heterocycles. The summed E-state index contributed by atoms with van der Waals surface area (Å²) < 4.78 is 0. The zero-order valence-corrected chi connectivity index (χ0v) is 33.8. The van der Waals surface area contributed by atoms with Gasteiger partial charge in [-0.1, -0.05) is 12.1 Å². The lowest BCUT2D eigenvalue weighted by Crippen LogP contribution is -2.48. The molecule has 4 aromatic heterocycles. The molecule has 8 heterocycles. The minimum Gasteiger partial charge on any atom is -0.477 e. The highest BCUT2D eigenvalue weighted by Gasteiger charge is 2.44. The molecule has 320 valence electrons. The van der Waals surface area contributed by atoms with E-state index in [0.717, 1.165) is 76.1 Å². The van der Waals surface area contributed by atoms with E-state index in [1.54, 1.807) is 64.7 Å². The third kappa shape index (κ3) is 8.96. The number of pyridine rings is 4. The number of carboxylic acid groups (broad SMARTS) is 1. The fourth-order valence-corrected chi connectivity index (χ4v) is 8.20. The summed E-state index contributed by atoms with van der Waals surface area (Å²) in [6, 6.07) is 16.8. The maximum Gasteiger partial charge on any atom is 0.354 e. The molecule has 4 fully saturated rings. The van der Waals surface area contributed by atoms with Crippen molar-refractivity contribution < 1.29 is 34.5 Å². The second-order valence-electron chi connectivity index (χ2n) is 16.6. The molecule has 4 amide bonds. The van der Waals surface area contributed by atoms with Crippen LogP contribution in [0.2, 0.25) is 0 Å². The number of amides is 4. The molecule has 0 spiro atoms. The van der Waals surface area contributed by atoms with Gasteiger partial charge in [-0.2, -0.15) is 0 Å². The largest absolute Gasteiger partial charge is 0.477 e. The standard InChI is InChI=1S/C22H25N5O3.C16H15N5O3.C5H11NO/c28-14-22(9-10-22)8-6-18(29)16-4-5-17-20(24-16)27(15-7-12-26(17)13-15)21(30)25-19-3-1-2-11-23-19;22-15(23)11-4-5-12-14(18-11)21(10-6-8-20(12)9-10)16(24)19-13-3-1-2-7-17-13;6-3-5(4-7)1-2-5/h1-5,11,15,28H,6-10,12-14H2,(H,23,25,30);1-5,7,10H,6,8-9H2,(H,22,23)(H,17,19,24);7H,1-4,6H2/t15-;10-;/m00./s1. The van der Waals surface area contributed by atoms with Gasteiger partial charge in [-0.15, -0.1) is 0 Å². The van der Waals surface area contributed by atoms with E-state index in [2.05, 4.69) is 40.4 Å². The first-order valence-electron chi connectivity index (χ1n) is 20.8. The number of carbonyl (C=O) groups is 4. The van der Waals surface area contributed by atoms with Crippen molar-refractivity contribution in [3.05, 3.63) is 84.4 Å². The molecular formula is C43H51N11O7. The number of carboxylic acids is 1. The van der Waals surface area contributed by atoms with E-state index in [9.17, 15) is 29.4 Å². The molecule has 10 rings (SSSR count). The fraction of sp³-hybridized carbons (Fsp3) is 0.442. The number of nitrogens with zero attached hydrogens (tertiary/aromatic N) is 8. The van der Waals surface area contributed by atoms with Gasteiger partial charge in [0.05, 0.1) is 23.5 Å². The highest BCUT2D eigenvalue weighted by atomic mass is 16.4. The molecule has 0 aromatic carbocycles. The first-order chi connectivity index (χ1) is 29.5. The molecule has 2 aliphatic carbocycles. The Balaban J connectivity index is 0.000000148. The Morgan fingerprint density at radius 2 is 1.18 bits per heavy atom. The number of Topliss-reactive ketones (excluding diaryl/α,β-unsaturated/α-hetero) is 1. The Morgan fingerprint density at radius 1 is 0.689 bits per heavy atom. The number of aliphatic hydroxyl groups excluding tert-OH is 2. The third-order valence-electron chi connectivity index (χ3n) is 12.5. The number of aliphatic hydroxyl groups is 2. The normalized spacial score (nSPS) is 20.2. The van der Waals surface area contributed by atoms with Gasteiger partial charge in [0.15, 0.2) is 23.1 Å². The van der Waals surface area contributed by atoms with Crippen molar-refractivity contribution >= 4 is 58.5 Å². The van der Waals surface area contributed by atoms with Gasteiger partial charge in [0.2, 0.25) is 0 Å². The van der Waals surface area contributed by atoms with E-state index >= 15 is 0 Å². The zero-order chi connectivity index (χ0) is 42.7. The molecule has 2 atom stereocenters. The number of aromatic carboxylic acids is 1. The van der Waals surface area contributed by atoms with Crippen molar-refractivity contribution in [2.45, 2.75) is 63.5 Å². The van der Waals surface area contributed by atoms with Crippen molar-refractivity contribution in [3.8, 4) is 0 Å². The third-order valence-corrected chi connectivity index (χ3v) is 12.5. The quantitative estimate of drug-likeness (QED) is 0.122. The summed E-state index contributed by atoms with van der Waals surface area (Å²) in [7, 11) is 0. The number of fused-ring (bicyclic) bond motifs is 8. The molecule has 18 nitrogen and oxygen atoms in total. The molecule has 18 heteroatoms. The van der Waals surface area contributed by atoms with Crippen molar-refractivity contribution in [2.24, 2.45) is 16.6 Å². The number of ketones is 1. The van der Waals surface area contributed by atoms with E-state index in [0.29, 0.717) is 48.4 Å². The maximum absolute atomic E-state index is 13.1. The summed E-state index contributed by atoms with van der Waals surface area (Å²) in [6.45, 7) is 4.23. The van der Waals surface area contributed by atoms with E-state index in [1.807, 2.05) is 12.1 Å². The first kappa shape index (κ1) is 41.5. The molecule has 7 N–H and O–H groups in total. The first-order valence-corrected chi connectivity index (χ1v) is 20.8. The number of hydrogen-bond donors (Lipinski definition) is 6. The summed E-state index contributed by atoms with van der Waals surface area (Å²) in [5, 5.41) is 32.9. The Bertz CT molecular complexity index is 2250. The molecule has 0 unspecified atom stereocenters. The second-order valence-corrected chi connectivity index (χ2v) is 16.6. The van der Waals surface area contributed by atoms with Crippen LogP contribution in [0.4, 0.5) is 44.2 Å². The lowest BCUT2D eigenvalue weighted by atomic mass is 9.98. The zero-order valence-electron chi connectivity index (χ0n) is 33.8. The smallest absolute Gasteiger partial charge is 0.354 e. The monoisotopic (exact) mass is 833 g/mol. The average molecular weight is 834 g/mol. The van der Waals surface area contributed by atoms with Crippen LogP contribution in [0.15, 0.2) is 73.1 Å². The van der Waals surface area contributed by atoms with Crippen LogP contribution in [0, 0.1) is 10.8 Å². The average Bonchev–Trinajstić information content (AvgIpc) is 4.18. The molecule has 4 aromatic rings. The van der Waals surface area contributed by atoms with Crippen molar-refractivity contribution in [1.29, 1.82) is 0 Å². The molecular weight excluding hydrogens is 783 g/mol. The minimum absolute atomic E-state index is 0.0168. The topological polar surface area (TPSA) is 244 Å². The van der Waals surface area contributed by atoms with Gasteiger partial charge < -0.3 is 30.9 Å². The lowest BCUT2D eigenvalue weighted by Gasteiger charge is -2.35. The number of nitrogens with two attached hydrogens (primary N) is 1. The summed E-state index contributed by atoms with van der Waals surface area (Å²) in [4.78, 5) is 74.6. The van der Waals surface area contributed by atoms with Gasteiger partial charge in [0.1, 0.15) is 17.3 Å². The number of carbonyl (C=O) groups excluding carboxylic acids is 3. The van der Waals surface area contributed by atoms with Gasteiger partial charge >= 0.3 is 18.0 Å². The predicted molar refractivity (Wildman–Crippen MR) is 228 cm³/mol. The van der Waals surface area contributed by atoms with Gasteiger partial charge in [-0.05, 0) is 98.9 Å². The van der Waals surface area contributed by atoms with Gasteiger partial charge in [0, 0.05) is 70.2 Å². The van der Waals surface area contributed by atoms with Crippen LogP contribution in [0.3, 0.4) is 0 Å². The van der Waals surface area contributed by atoms with Crippen molar-refractivity contribution in [2.75, 3.05) is 76.2 Å².